The summed E-state index contributed by atoms with van der Waals surface area (Å²) in [6, 6.07) is 0. The summed E-state index contributed by atoms with van der Waals surface area (Å²) in [5, 5.41) is 9.48. The van der Waals surface area contributed by atoms with Gasteiger partial charge in [0, 0.05) is 30.4 Å². The number of ether oxygens (including phenoxy) is 5. The van der Waals surface area contributed by atoms with Crippen LogP contribution in [0.25, 0.3) is 0 Å². The summed E-state index contributed by atoms with van der Waals surface area (Å²) in [7, 11) is 0. The fraction of sp³-hybridized carbons (Fsp3) is 0.318. The first kappa shape index (κ1) is 31.2. The number of carbonyl (C=O) groups is 5. The van der Waals surface area contributed by atoms with Crippen molar-refractivity contribution in [2.75, 3.05) is 39.6 Å². The van der Waals surface area contributed by atoms with Crippen molar-refractivity contribution >= 4 is 29.8 Å². The van der Waals surface area contributed by atoms with E-state index in [1.807, 2.05) is 0 Å². The molecule has 182 valence electrons. The number of esters is 5. The van der Waals surface area contributed by atoms with Crippen molar-refractivity contribution in [3.05, 3.63) is 63.3 Å². The minimum absolute atomic E-state index is 0.0322. The second-order valence-corrected chi connectivity index (χ2v) is 5.84. The van der Waals surface area contributed by atoms with E-state index in [2.05, 4.69) is 42.4 Å². The van der Waals surface area contributed by atoms with Gasteiger partial charge in [0.05, 0.1) is 12.0 Å². The van der Waals surface area contributed by atoms with E-state index >= 15 is 0 Å². The molecule has 0 amide bonds. The molecule has 33 heavy (non-hydrogen) atoms. The van der Waals surface area contributed by atoms with Crippen molar-refractivity contribution in [3.63, 3.8) is 0 Å². The number of aliphatic hydroxyl groups excluding tert-OH is 1. The number of rotatable bonds is 15. The predicted octanol–water partition coefficient (Wildman–Crippen LogP) is 0.597. The third-order valence-electron chi connectivity index (χ3n) is 3.30. The SMILES string of the molecule is C=CC(=O)OCC(CO)(COC(=O)C=C)COC(=O)C=C.C=CC(=O)OCCOC(=O)C=C. The molecule has 0 fully saturated rings. The minimum Gasteiger partial charge on any atom is -0.462 e. The van der Waals surface area contributed by atoms with E-state index in [9.17, 15) is 29.1 Å². The summed E-state index contributed by atoms with van der Waals surface area (Å²) >= 11 is 0. The summed E-state index contributed by atoms with van der Waals surface area (Å²) in [6.45, 7) is 14.6. The van der Waals surface area contributed by atoms with Crippen LogP contribution in [0.15, 0.2) is 63.3 Å². The molecule has 0 aliphatic rings. The minimum atomic E-state index is -1.28. The first-order chi connectivity index (χ1) is 15.6. The van der Waals surface area contributed by atoms with Gasteiger partial charge >= 0.3 is 29.8 Å². The summed E-state index contributed by atoms with van der Waals surface area (Å²) in [5.74, 6) is -3.25. The zero-order valence-corrected chi connectivity index (χ0v) is 18.2. The zero-order valence-electron chi connectivity index (χ0n) is 18.2. The lowest BCUT2D eigenvalue weighted by atomic mass is 9.92. The maximum Gasteiger partial charge on any atom is 0.330 e. The van der Waals surface area contributed by atoms with Gasteiger partial charge in [0.1, 0.15) is 33.0 Å². The van der Waals surface area contributed by atoms with E-state index in [1.54, 1.807) is 0 Å². The molecule has 0 aliphatic carbocycles. The predicted molar refractivity (Wildman–Crippen MR) is 115 cm³/mol. The number of carbonyl (C=O) groups excluding carboxylic acids is 5. The molecule has 0 heterocycles. The van der Waals surface area contributed by atoms with E-state index < -0.39 is 41.9 Å². The van der Waals surface area contributed by atoms with E-state index in [0.717, 1.165) is 30.4 Å². The van der Waals surface area contributed by atoms with Crippen LogP contribution in [0.4, 0.5) is 0 Å². The number of hydrogen-bond acceptors (Lipinski definition) is 11. The Bertz CT molecular complexity index is 655. The standard InChI is InChI=1S/C14H18O7.C8H10O4/c1-4-11(16)19-8-14(7-15,9-20-12(17)5-2)10-21-13(18)6-3;1-3-7(9)11-5-6-12-8(10)4-2/h4-6,15H,1-3,7-10H2;3-4H,1-2,5-6H2. The molecule has 0 saturated heterocycles. The highest BCUT2D eigenvalue weighted by Crippen LogP contribution is 2.19. The lowest BCUT2D eigenvalue weighted by Gasteiger charge is -2.29. The topological polar surface area (TPSA) is 152 Å². The molecule has 0 aliphatic heterocycles. The first-order valence-electron chi connectivity index (χ1n) is 9.20. The Morgan fingerprint density at radius 1 is 0.545 bits per heavy atom. The quantitative estimate of drug-likeness (QED) is 0.156. The van der Waals surface area contributed by atoms with Crippen LogP contribution in [0.5, 0.6) is 0 Å². The van der Waals surface area contributed by atoms with Crippen LogP contribution < -0.4 is 0 Å². The molecule has 0 spiro atoms. The fourth-order valence-corrected chi connectivity index (χ4v) is 1.51. The Labute approximate surface area is 191 Å². The van der Waals surface area contributed by atoms with Crippen LogP contribution in [0.1, 0.15) is 0 Å². The second kappa shape index (κ2) is 18.8. The van der Waals surface area contributed by atoms with Crippen LogP contribution in [0, 0.1) is 5.41 Å². The fourth-order valence-electron chi connectivity index (χ4n) is 1.51. The maximum absolute atomic E-state index is 11.1. The molecule has 0 aromatic heterocycles. The van der Waals surface area contributed by atoms with Crippen molar-refractivity contribution in [3.8, 4) is 0 Å². The van der Waals surface area contributed by atoms with Crippen molar-refractivity contribution in [2.45, 2.75) is 0 Å². The van der Waals surface area contributed by atoms with Crippen LogP contribution in [0.3, 0.4) is 0 Å². The molecule has 0 bridgehead atoms. The average molecular weight is 468 g/mol. The zero-order chi connectivity index (χ0) is 25.7. The molecular formula is C22H28O11. The van der Waals surface area contributed by atoms with E-state index in [0.29, 0.717) is 0 Å². The Balaban J connectivity index is 0. The van der Waals surface area contributed by atoms with Crippen molar-refractivity contribution in [1.82, 2.24) is 0 Å². The number of aliphatic hydroxyl groups is 1. The summed E-state index contributed by atoms with van der Waals surface area (Å²) in [4.78, 5) is 54.1. The average Bonchev–Trinajstić information content (AvgIpc) is 2.85. The van der Waals surface area contributed by atoms with Gasteiger partial charge in [0.15, 0.2) is 0 Å². The Morgan fingerprint density at radius 3 is 1.00 bits per heavy atom. The summed E-state index contributed by atoms with van der Waals surface area (Å²) in [6.07, 6.45) is 4.89. The molecular weight excluding hydrogens is 440 g/mol. The Morgan fingerprint density at radius 2 is 0.788 bits per heavy atom. The van der Waals surface area contributed by atoms with Crippen molar-refractivity contribution < 1.29 is 52.8 Å². The summed E-state index contributed by atoms with van der Waals surface area (Å²) in [5.41, 5.74) is -1.28. The normalized spacial score (nSPS) is 9.48. The first-order valence-corrected chi connectivity index (χ1v) is 9.20. The van der Waals surface area contributed by atoms with E-state index in [1.165, 1.54) is 0 Å². The monoisotopic (exact) mass is 468 g/mol. The van der Waals surface area contributed by atoms with Crippen LogP contribution in [0.2, 0.25) is 0 Å². The maximum atomic E-state index is 11.1. The van der Waals surface area contributed by atoms with Gasteiger partial charge in [-0.1, -0.05) is 32.9 Å². The van der Waals surface area contributed by atoms with E-state index in [4.69, 9.17) is 14.2 Å². The van der Waals surface area contributed by atoms with E-state index in [-0.39, 0.29) is 33.0 Å². The molecule has 0 aromatic rings. The van der Waals surface area contributed by atoms with Gasteiger partial charge in [-0.3, -0.25) is 0 Å². The van der Waals surface area contributed by atoms with Gasteiger partial charge in [-0.15, -0.1) is 0 Å². The van der Waals surface area contributed by atoms with Crippen molar-refractivity contribution in [2.24, 2.45) is 5.41 Å². The Kier molecular flexibility index (Phi) is 17.7. The molecule has 0 radical (unpaired) electrons. The lowest BCUT2D eigenvalue weighted by molar-refractivity contribution is -0.159. The second-order valence-electron chi connectivity index (χ2n) is 5.84. The molecule has 0 saturated carbocycles. The van der Waals surface area contributed by atoms with Crippen molar-refractivity contribution in [1.29, 1.82) is 0 Å². The van der Waals surface area contributed by atoms with Gasteiger partial charge in [0.25, 0.3) is 0 Å². The highest BCUT2D eigenvalue weighted by Gasteiger charge is 2.35. The molecule has 0 aromatic carbocycles. The smallest absolute Gasteiger partial charge is 0.330 e. The largest absolute Gasteiger partial charge is 0.462 e. The molecule has 11 nitrogen and oxygen atoms in total. The van der Waals surface area contributed by atoms with Gasteiger partial charge in [-0.25, -0.2) is 24.0 Å². The highest BCUT2D eigenvalue weighted by molar-refractivity contribution is 5.82. The summed E-state index contributed by atoms with van der Waals surface area (Å²) < 4.78 is 23.5. The third kappa shape index (κ3) is 16.4. The third-order valence-corrected chi connectivity index (χ3v) is 3.30. The van der Waals surface area contributed by atoms with Gasteiger partial charge in [-0.2, -0.15) is 0 Å². The van der Waals surface area contributed by atoms with Crippen LogP contribution in [-0.2, 0) is 47.7 Å². The highest BCUT2D eigenvalue weighted by atomic mass is 16.6. The molecule has 0 unspecified atom stereocenters. The van der Waals surface area contributed by atoms with Crippen LogP contribution in [-0.4, -0.2) is 74.6 Å². The molecule has 11 heteroatoms. The van der Waals surface area contributed by atoms with Gasteiger partial charge in [-0.05, 0) is 0 Å². The molecule has 0 rings (SSSR count). The van der Waals surface area contributed by atoms with Crippen LogP contribution >= 0.6 is 0 Å². The number of hydrogen-bond donors (Lipinski definition) is 1. The van der Waals surface area contributed by atoms with Gasteiger partial charge < -0.3 is 28.8 Å². The lowest BCUT2D eigenvalue weighted by Crippen LogP contribution is -2.42. The molecule has 1 N–H and O–H groups in total. The van der Waals surface area contributed by atoms with Gasteiger partial charge in [0.2, 0.25) is 0 Å². The molecule has 0 atom stereocenters. The Hall–Kier alpha value is -3.99.